The summed E-state index contributed by atoms with van der Waals surface area (Å²) < 4.78 is 1.46. The van der Waals surface area contributed by atoms with Crippen LogP contribution < -0.4 is 16.6 Å². The zero-order valence-electron chi connectivity index (χ0n) is 11.2. The van der Waals surface area contributed by atoms with Crippen LogP contribution in [0, 0.1) is 0 Å². The summed E-state index contributed by atoms with van der Waals surface area (Å²) in [6, 6.07) is -0.741. The second-order valence-corrected chi connectivity index (χ2v) is 4.94. The monoisotopic (exact) mass is 269 g/mol. The van der Waals surface area contributed by atoms with Crippen molar-refractivity contribution in [3.8, 4) is 0 Å². The third-order valence-electron chi connectivity index (χ3n) is 2.33. The maximum Gasteiger partial charge on any atom is 0.256 e. The molecule has 0 bridgehead atoms. The quantitative estimate of drug-likeness (QED) is 0.302. The van der Waals surface area contributed by atoms with Gasteiger partial charge in [0, 0.05) is 6.20 Å². The highest BCUT2D eigenvalue weighted by Crippen LogP contribution is 2.06. The molecule has 1 heterocycles. The van der Waals surface area contributed by atoms with Gasteiger partial charge in [-0.05, 0) is 20.8 Å². The highest BCUT2D eigenvalue weighted by Gasteiger charge is 2.18. The summed E-state index contributed by atoms with van der Waals surface area (Å²) in [7, 11) is 0. The third-order valence-corrected chi connectivity index (χ3v) is 2.33. The van der Waals surface area contributed by atoms with Crippen LogP contribution in [0.1, 0.15) is 31.1 Å². The van der Waals surface area contributed by atoms with Gasteiger partial charge in [-0.1, -0.05) is 0 Å². The molecule has 0 aliphatic carbocycles. The van der Waals surface area contributed by atoms with Gasteiger partial charge in [-0.3, -0.25) is 19.7 Å². The first-order chi connectivity index (χ1) is 8.73. The van der Waals surface area contributed by atoms with Crippen LogP contribution in [0.25, 0.3) is 0 Å². The van der Waals surface area contributed by atoms with Crippen molar-refractivity contribution in [3.63, 3.8) is 0 Å². The number of nitrogens with two attached hydrogens (primary N) is 1. The van der Waals surface area contributed by atoms with Crippen LogP contribution in [0.5, 0.6) is 0 Å². The summed E-state index contributed by atoms with van der Waals surface area (Å²) in [4.78, 5) is 23.0. The third kappa shape index (κ3) is 4.68. The molecule has 0 aliphatic rings. The molecule has 8 heteroatoms. The Kier molecular flexibility index (Phi) is 4.62. The number of nitrogens with one attached hydrogen (secondary N) is 2. The number of hydrogen-bond donors (Lipinski definition) is 4. The van der Waals surface area contributed by atoms with Crippen molar-refractivity contribution in [1.82, 2.24) is 20.5 Å². The van der Waals surface area contributed by atoms with Crippen LogP contribution >= 0.6 is 0 Å². The Hall–Kier alpha value is -1.93. The van der Waals surface area contributed by atoms with Crippen LogP contribution in [0.2, 0.25) is 0 Å². The first-order valence-electron chi connectivity index (χ1n) is 5.79. The van der Waals surface area contributed by atoms with Crippen LogP contribution in [0.15, 0.2) is 12.4 Å². The maximum absolute atomic E-state index is 11.8. The van der Waals surface area contributed by atoms with E-state index in [4.69, 9.17) is 5.84 Å². The molecule has 0 radical (unpaired) electrons. The fourth-order valence-corrected chi connectivity index (χ4v) is 1.43. The molecule has 0 aliphatic heterocycles. The van der Waals surface area contributed by atoms with E-state index in [9.17, 15) is 14.7 Å². The van der Waals surface area contributed by atoms with E-state index in [1.807, 2.05) is 5.43 Å². The molecule has 1 aromatic rings. The Morgan fingerprint density at radius 2 is 2.21 bits per heavy atom. The molecule has 1 unspecified atom stereocenters. The van der Waals surface area contributed by atoms with Crippen LogP contribution in [0.3, 0.4) is 0 Å². The minimum Gasteiger partial charge on any atom is -0.389 e. The summed E-state index contributed by atoms with van der Waals surface area (Å²) in [6.45, 7) is 5.06. The van der Waals surface area contributed by atoms with E-state index < -0.39 is 23.5 Å². The van der Waals surface area contributed by atoms with Crippen molar-refractivity contribution < 1.29 is 14.7 Å². The lowest BCUT2D eigenvalue weighted by molar-refractivity contribution is -0.122. The standard InChI is InChI=1S/C11H19N5O3/c1-7(9(17)15-12)14-10(18)8-4-13-16(5-8)6-11(2,3)19/h4-5,7,19H,6,12H2,1-3H3,(H,14,18)(H,15,17). The van der Waals surface area contributed by atoms with Gasteiger partial charge in [0.1, 0.15) is 6.04 Å². The molecular formula is C11H19N5O3. The first kappa shape index (κ1) is 15.1. The van der Waals surface area contributed by atoms with Gasteiger partial charge in [-0.25, -0.2) is 5.84 Å². The SMILES string of the molecule is CC(NC(=O)c1cnn(CC(C)(C)O)c1)C(=O)NN. The summed E-state index contributed by atoms with van der Waals surface area (Å²) >= 11 is 0. The molecule has 106 valence electrons. The average Bonchev–Trinajstić information content (AvgIpc) is 2.73. The van der Waals surface area contributed by atoms with Gasteiger partial charge in [0.05, 0.1) is 23.9 Å². The van der Waals surface area contributed by atoms with E-state index >= 15 is 0 Å². The van der Waals surface area contributed by atoms with Crippen molar-refractivity contribution >= 4 is 11.8 Å². The van der Waals surface area contributed by atoms with Crippen LogP contribution in [-0.4, -0.2) is 38.3 Å². The van der Waals surface area contributed by atoms with E-state index in [2.05, 4.69) is 10.4 Å². The zero-order valence-corrected chi connectivity index (χ0v) is 11.2. The average molecular weight is 269 g/mol. The summed E-state index contributed by atoms with van der Waals surface area (Å²) in [6.07, 6.45) is 2.87. The predicted molar refractivity (Wildman–Crippen MR) is 67.8 cm³/mol. The number of rotatable bonds is 5. The molecule has 0 aromatic carbocycles. The minimum atomic E-state index is -0.924. The predicted octanol–water partition coefficient (Wildman–Crippen LogP) is -1.24. The largest absolute Gasteiger partial charge is 0.389 e. The van der Waals surface area contributed by atoms with Crippen LogP contribution in [-0.2, 0) is 11.3 Å². The van der Waals surface area contributed by atoms with Crippen molar-refractivity contribution in [1.29, 1.82) is 0 Å². The molecule has 0 fully saturated rings. The summed E-state index contributed by atoms with van der Waals surface area (Å²) in [5.74, 6) is 4.04. The number of hydrogen-bond acceptors (Lipinski definition) is 5. The molecular weight excluding hydrogens is 250 g/mol. The lowest BCUT2D eigenvalue weighted by atomic mass is 10.1. The molecule has 0 saturated heterocycles. The Morgan fingerprint density at radius 3 is 2.74 bits per heavy atom. The fraction of sp³-hybridized carbons (Fsp3) is 0.545. The number of carbonyl (C=O) groups excluding carboxylic acids is 2. The molecule has 2 amide bonds. The number of carbonyl (C=O) groups is 2. The molecule has 0 spiro atoms. The van der Waals surface area contributed by atoms with E-state index in [1.54, 1.807) is 13.8 Å². The van der Waals surface area contributed by atoms with Gasteiger partial charge < -0.3 is 10.4 Å². The van der Waals surface area contributed by atoms with Gasteiger partial charge >= 0.3 is 0 Å². The molecule has 8 nitrogen and oxygen atoms in total. The van der Waals surface area contributed by atoms with Crippen LogP contribution in [0.4, 0.5) is 0 Å². The topological polar surface area (TPSA) is 122 Å². The number of hydrazine groups is 1. The summed E-state index contributed by atoms with van der Waals surface area (Å²) in [5.41, 5.74) is 1.33. The van der Waals surface area contributed by atoms with Gasteiger partial charge in [0.15, 0.2) is 0 Å². The molecule has 5 N–H and O–H groups in total. The normalized spacial score (nSPS) is 12.9. The lowest BCUT2D eigenvalue weighted by Gasteiger charge is -2.16. The van der Waals surface area contributed by atoms with E-state index in [0.717, 1.165) is 0 Å². The van der Waals surface area contributed by atoms with Crippen molar-refractivity contribution in [2.45, 2.75) is 39.0 Å². The van der Waals surface area contributed by atoms with E-state index in [1.165, 1.54) is 24.0 Å². The number of nitrogens with zero attached hydrogens (tertiary/aromatic N) is 2. The highest BCUT2D eigenvalue weighted by atomic mass is 16.3. The van der Waals surface area contributed by atoms with Crippen molar-refractivity contribution in [2.75, 3.05) is 0 Å². The Labute approximate surface area is 110 Å². The molecule has 1 aromatic heterocycles. The van der Waals surface area contributed by atoms with Gasteiger partial charge in [-0.15, -0.1) is 0 Å². The number of amides is 2. The maximum atomic E-state index is 11.8. The smallest absolute Gasteiger partial charge is 0.256 e. The highest BCUT2D eigenvalue weighted by molar-refractivity contribution is 5.96. The van der Waals surface area contributed by atoms with Crippen molar-refractivity contribution in [2.24, 2.45) is 5.84 Å². The van der Waals surface area contributed by atoms with Gasteiger partial charge in [0.25, 0.3) is 11.8 Å². The van der Waals surface area contributed by atoms with Gasteiger partial charge in [-0.2, -0.15) is 5.10 Å². The minimum absolute atomic E-state index is 0.263. The second-order valence-electron chi connectivity index (χ2n) is 4.94. The van der Waals surface area contributed by atoms with Crippen molar-refractivity contribution in [3.05, 3.63) is 18.0 Å². The number of aliphatic hydroxyl groups is 1. The summed E-state index contributed by atoms with van der Waals surface area (Å²) in [5, 5.41) is 16.1. The van der Waals surface area contributed by atoms with E-state index in [-0.39, 0.29) is 6.54 Å². The molecule has 0 saturated carbocycles. The number of aromatic nitrogens is 2. The Morgan fingerprint density at radius 1 is 1.58 bits per heavy atom. The molecule has 1 atom stereocenters. The Balaban J connectivity index is 2.66. The van der Waals surface area contributed by atoms with E-state index in [0.29, 0.717) is 5.56 Å². The molecule has 19 heavy (non-hydrogen) atoms. The zero-order chi connectivity index (χ0) is 14.6. The fourth-order valence-electron chi connectivity index (χ4n) is 1.43. The lowest BCUT2D eigenvalue weighted by Crippen LogP contribution is -2.47. The van der Waals surface area contributed by atoms with Gasteiger partial charge in [0.2, 0.25) is 0 Å². The first-order valence-corrected chi connectivity index (χ1v) is 5.79. The Bertz CT molecular complexity index is 463. The molecule has 1 rings (SSSR count). The second kappa shape index (κ2) is 5.81.